The Kier molecular flexibility index (Phi) is 6.49. The van der Waals surface area contributed by atoms with Crippen molar-refractivity contribution in [1.29, 1.82) is 0 Å². The molecular weight excluding hydrogens is 368 g/mol. The van der Waals surface area contributed by atoms with E-state index in [0.29, 0.717) is 30.8 Å². The summed E-state index contributed by atoms with van der Waals surface area (Å²) in [5.74, 6) is -0.0793. The lowest BCUT2D eigenvalue weighted by Gasteiger charge is -2.18. The van der Waals surface area contributed by atoms with Gasteiger partial charge in [0, 0.05) is 36.5 Å². The van der Waals surface area contributed by atoms with Crippen molar-refractivity contribution in [2.45, 2.75) is 40.2 Å². The van der Waals surface area contributed by atoms with Crippen LogP contribution in [0.15, 0.2) is 41.3 Å². The van der Waals surface area contributed by atoms with E-state index in [1.54, 1.807) is 6.20 Å². The van der Waals surface area contributed by atoms with E-state index in [2.05, 4.69) is 10.4 Å². The fourth-order valence-corrected chi connectivity index (χ4v) is 3.71. The van der Waals surface area contributed by atoms with Crippen molar-refractivity contribution < 1.29 is 9.53 Å². The Hall–Kier alpha value is -2.93. The minimum absolute atomic E-state index is 0.0793. The second kappa shape index (κ2) is 9.05. The van der Waals surface area contributed by atoms with Gasteiger partial charge in [0.05, 0.1) is 17.3 Å². The summed E-state index contributed by atoms with van der Waals surface area (Å²) in [6, 6.07) is 8.89. The number of benzene rings is 1. The first kappa shape index (κ1) is 20.8. The largest absolute Gasteiger partial charge is 0.382 e. The summed E-state index contributed by atoms with van der Waals surface area (Å²) in [7, 11) is 0. The second-order valence-corrected chi connectivity index (χ2v) is 7.04. The standard InChI is InChI=1S/C22H28N4O3/c1-5-29-13-9-12-23-21(27)17(4)25-15(2)19-14-24-26(18-10-7-6-8-11-18)22(28)20(19)16(25)3/h6-8,10-11,14,17H,5,9,12-13H2,1-4H3,(H,23,27)/t17-/m0/s1. The maximum atomic E-state index is 13.2. The van der Waals surface area contributed by atoms with Crippen LogP contribution < -0.4 is 10.9 Å². The highest BCUT2D eigenvalue weighted by Crippen LogP contribution is 2.26. The van der Waals surface area contributed by atoms with Gasteiger partial charge in [0.25, 0.3) is 5.56 Å². The summed E-state index contributed by atoms with van der Waals surface area (Å²) < 4.78 is 8.62. The predicted octanol–water partition coefficient (Wildman–Crippen LogP) is 2.91. The molecule has 2 aromatic heterocycles. The van der Waals surface area contributed by atoms with Crippen LogP contribution in [0.25, 0.3) is 16.5 Å². The zero-order chi connectivity index (χ0) is 21.0. The molecule has 1 amide bonds. The van der Waals surface area contributed by atoms with Crippen molar-refractivity contribution >= 4 is 16.7 Å². The van der Waals surface area contributed by atoms with Crippen LogP contribution in [-0.4, -0.2) is 40.0 Å². The molecule has 0 aliphatic carbocycles. The van der Waals surface area contributed by atoms with E-state index in [0.717, 1.165) is 23.2 Å². The SMILES string of the molecule is CCOCCCNC(=O)[C@H](C)n1c(C)c2cnn(-c3ccccc3)c(=O)c2c1C. The molecule has 0 aliphatic heterocycles. The van der Waals surface area contributed by atoms with E-state index in [1.165, 1.54) is 4.68 Å². The number of amides is 1. The van der Waals surface area contributed by atoms with Crippen LogP contribution >= 0.6 is 0 Å². The Morgan fingerprint density at radius 2 is 1.93 bits per heavy atom. The van der Waals surface area contributed by atoms with Crippen molar-refractivity contribution in [2.75, 3.05) is 19.8 Å². The van der Waals surface area contributed by atoms with Crippen molar-refractivity contribution in [3.8, 4) is 5.69 Å². The lowest BCUT2D eigenvalue weighted by atomic mass is 10.2. The number of para-hydroxylation sites is 1. The number of fused-ring (bicyclic) bond motifs is 1. The van der Waals surface area contributed by atoms with Crippen LogP contribution in [0.4, 0.5) is 0 Å². The number of aromatic nitrogens is 3. The number of carbonyl (C=O) groups is 1. The maximum Gasteiger partial charge on any atom is 0.281 e. The molecule has 0 fully saturated rings. The van der Waals surface area contributed by atoms with E-state index in [4.69, 9.17) is 4.74 Å². The van der Waals surface area contributed by atoms with Crippen LogP contribution in [0.3, 0.4) is 0 Å². The molecule has 0 bridgehead atoms. The molecule has 0 unspecified atom stereocenters. The molecule has 2 heterocycles. The number of rotatable bonds is 8. The van der Waals surface area contributed by atoms with Crippen molar-refractivity contribution in [3.05, 3.63) is 58.3 Å². The first-order valence-electron chi connectivity index (χ1n) is 9.97. The summed E-state index contributed by atoms with van der Waals surface area (Å²) in [6.45, 7) is 9.45. The van der Waals surface area contributed by atoms with Gasteiger partial charge >= 0.3 is 0 Å². The molecule has 0 radical (unpaired) electrons. The van der Waals surface area contributed by atoms with Crippen LogP contribution in [-0.2, 0) is 9.53 Å². The van der Waals surface area contributed by atoms with E-state index >= 15 is 0 Å². The fourth-order valence-electron chi connectivity index (χ4n) is 3.71. The highest BCUT2D eigenvalue weighted by atomic mass is 16.5. The third kappa shape index (κ3) is 4.10. The number of aryl methyl sites for hydroxylation is 2. The number of hydrogen-bond acceptors (Lipinski definition) is 4. The van der Waals surface area contributed by atoms with Gasteiger partial charge in [-0.25, -0.2) is 0 Å². The van der Waals surface area contributed by atoms with Gasteiger partial charge in [-0.2, -0.15) is 9.78 Å². The van der Waals surface area contributed by atoms with Crippen LogP contribution in [0.1, 0.15) is 37.7 Å². The molecule has 3 aromatic rings. The smallest absolute Gasteiger partial charge is 0.281 e. The number of nitrogens with zero attached hydrogens (tertiary/aromatic N) is 3. The van der Waals surface area contributed by atoms with Crippen LogP contribution in [0, 0.1) is 13.8 Å². The molecule has 29 heavy (non-hydrogen) atoms. The molecule has 0 saturated heterocycles. The molecular formula is C22H28N4O3. The number of carbonyl (C=O) groups excluding carboxylic acids is 1. The molecule has 1 atom stereocenters. The first-order valence-corrected chi connectivity index (χ1v) is 9.97. The monoisotopic (exact) mass is 396 g/mol. The molecule has 0 spiro atoms. The zero-order valence-corrected chi connectivity index (χ0v) is 17.4. The summed E-state index contributed by atoms with van der Waals surface area (Å²) in [5.41, 5.74) is 2.16. The molecule has 7 heteroatoms. The molecule has 3 rings (SSSR count). The summed E-state index contributed by atoms with van der Waals surface area (Å²) in [6.07, 6.45) is 2.47. The molecule has 0 saturated carbocycles. The summed E-state index contributed by atoms with van der Waals surface area (Å²) in [5, 5.41) is 8.67. The second-order valence-electron chi connectivity index (χ2n) is 7.04. The van der Waals surface area contributed by atoms with Crippen molar-refractivity contribution in [1.82, 2.24) is 19.7 Å². The average Bonchev–Trinajstić information content (AvgIpc) is 2.98. The van der Waals surface area contributed by atoms with Crippen LogP contribution in [0.2, 0.25) is 0 Å². The number of ether oxygens (including phenoxy) is 1. The van der Waals surface area contributed by atoms with E-state index in [1.807, 2.05) is 62.6 Å². The Morgan fingerprint density at radius 1 is 1.21 bits per heavy atom. The maximum absolute atomic E-state index is 13.2. The van der Waals surface area contributed by atoms with Crippen molar-refractivity contribution in [2.24, 2.45) is 0 Å². The molecule has 154 valence electrons. The lowest BCUT2D eigenvalue weighted by molar-refractivity contribution is -0.123. The van der Waals surface area contributed by atoms with Gasteiger partial charge in [-0.1, -0.05) is 18.2 Å². The van der Waals surface area contributed by atoms with Crippen LogP contribution in [0.5, 0.6) is 0 Å². The van der Waals surface area contributed by atoms with Gasteiger partial charge in [0.1, 0.15) is 6.04 Å². The van der Waals surface area contributed by atoms with E-state index in [-0.39, 0.29) is 11.5 Å². The van der Waals surface area contributed by atoms with Gasteiger partial charge in [-0.15, -0.1) is 0 Å². The fraction of sp³-hybridized carbons (Fsp3) is 0.409. The summed E-state index contributed by atoms with van der Waals surface area (Å²) in [4.78, 5) is 25.8. The van der Waals surface area contributed by atoms with E-state index < -0.39 is 6.04 Å². The molecule has 1 aromatic carbocycles. The number of hydrogen-bond donors (Lipinski definition) is 1. The quantitative estimate of drug-likeness (QED) is 0.594. The molecule has 7 nitrogen and oxygen atoms in total. The highest BCUT2D eigenvalue weighted by Gasteiger charge is 2.23. The lowest BCUT2D eigenvalue weighted by Crippen LogP contribution is -2.33. The average molecular weight is 396 g/mol. The normalized spacial score (nSPS) is 12.3. The minimum Gasteiger partial charge on any atom is -0.382 e. The first-order chi connectivity index (χ1) is 14.0. The molecule has 0 aliphatic rings. The summed E-state index contributed by atoms with van der Waals surface area (Å²) >= 11 is 0. The molecule has 1 N–H and O–H groups in total. The third-order valence-electron chi connectivity index (χ3n) is 5.19. The van der Waals surface area contributed by atoms with Gasteiger partial charge in [0.15, 0.2) is 0 Å². The highest BCUT2D eigenvalue weighted by molar-refractivity contribution is 5.89. The topological polar surface area (TPSA) is 78.2 Å². The van der Waals surface area contributed by atoms with E-state index in [9.17, 15) is 9.59 Å². The van der Waals surface area contributed by atoms with Crippen molar-refractivity contribution in [3.63, 3.8) is 0 Å². The Bertz CT molecular complexity index is 1050. The Morgan fingerprint density at radius 3 is 2.62 bits per heavy atom. The third-order valence-corrected chi connectivity index (χ3v) is 5.19. The zero-order valence-electron chi connectivity index (χ0n) is 17.4. The van der Waals surface area contributed by atoms with Gasteiger partial charge in [-0.3, -0.25) is 9.59 Å². The number of nitrogens with one attached hydrogen (secondary N) is 1. The van der Waals surface area contributed by atoms with Gasteiger partial charge in [-0.05, 0) is 46.2 Å². The van der Waals surface area contributed by atoms with Gasteiger partial charge in [0.2, 0.25) is 5.91 Å². The van der Waals surface area contributed by atoms with Gasteiger partial charge < -0.3 is 14.6 Å². The minimum atomic E-state index is -0.431. The Labute approximate surface area is 170 Å². The predicted molar refractivity (Wildman–Crippen MR) is 114 cm³/mol. The Balaban J connectivity index is 1.92.